The Balaban J connectivity index is 1.45. The van der Waals surface area contributed by atoms with Crippen molar-refractivity contribution in [3.05, 3.63) is 123 Å². The number of aromatic nitrogens is 3. The predicted molar refractivity (Wildman–Crippen MR) is 197 cm³/mol. The van der Waals surface area contributed by atoms with Gasteiger partial charge < -0.3 is 14.8 Å². The molecule has 0 saturated heterocycles. The quantitative estimate of drug-likeness (QED) is 0.0871. The number of aliphatic carboxylic acids is 1. The Hall–Kier alpha value is -4.01. The SMILES string of the molecule is COc1cc(C(C)(C)c2[nH]c(SCc3c(F)cc(S(=O)(=O)N(CCc4ccc[n+](C)c4)[C@H](C)C(=O)O)cc3Cl)nc2-c2ccc(F)cc2)ccc1Cl. The maximum absolute atomic E-state index is 15.8. The van der Waals surface area contributed by atoms with Gasteiger partial charge in [0.05, 0.1) is 28.4 Å². The van der Waals surface area contributed by atoms with Gasteiger partial charge in [0.25, 0.3) is 0 Å². The molecular weight excluding hydrogens is 753 g/mol. The highest BCUT2D eigenvalue weighted by molar-refractivity contribution is 7.98. The van der Waals surface area contributed by atoms with Crippen LogP contribution in [0.3, 0.4) is 0 Å². The second-order valence-corrected chi connectivity index (χ2v) is 16.3. The summed E-state index contributed by atoms with van der Waals surface area (Å²) in [4.78, 5) is 19.7. The first-order valence-corrected chi connectivity index (χ1v) is 19.2. The number of rotatable bonds is 14. The molecule has 0 radical (unpaired) electrons. The minimum Gasteiger partial charge on any atom is -0.495 e. The zero-order chi connectivity index (χ0) is 38.0. The van der Waals surface area contributed by atoms with Crippen molar-refractivity contribution in [1.82, 2.24) is 14.3 Å². The number of nitrogens with zero attached hydrogens (tertiary/aromatic N) is 3. The molecule has 52 heavy (non-hydrogen) atoms. The number of imidazole rings is 1. The molecule has 274 valence electrons. The summed E-state index contributed by atoms with van der Waals surface area (Å²) in [5.74, 6) is -2.17. The van der Waals surface area contributed by atoms with Crippen molar-refractivity contribution in [3.8, 4) is 17.0 Å². The van der Waals surface area contributed by atoms with Crippen LogP contribution in [0.2, 0.25) is 10.0 Å². The monoisotopic (exact) mass is 789 g/mol. The van der Waals surface area contributed by atoms with E-state index in [1.54, 1.807) is 41.1 Å². The van der Waals surface area contributed by atoms with Gasteiger partial charge in [-0.1, -0.05) is 54.9 Å². The molecule has 15 heteroatoms. The number of carbonyl (C=O) groups is 1. The Labute approximate surface area is 315 Å². The molecular formula is C37H37Cl2F2N4O5S2+. The van der Waals surface area contributed by atoms with Crippen LogP contribution >= 0.6 is 35.0 Å². The number of methoxy groups -OCH3 is 1. The summed E-state index contributed by atoms with van der Waals surface area (Å²) < 4.78 is 65.3. The number of carboxylic acids is 1. The fraction of sp³-hybridized carbons (Fsp3) is 0.270. The lowest BCUT2D eigenvalue weighted by Crippen LogP contribution is -2.44. The maximum atomic E-state index is 15.8. The topological polar surface area (TPSA) is 116 Å². The molecule has 0 saturated carbocycles. The Kier molecular flexibility index (Phi) is 12.0. The molecule has 0 unspecified atom stereocenters. The minimum absolute atomic E-state index is 0.0308. The van der Waals surface area contributed by atoms with Crippen LogP contribution in [0.25, 0.3) is 11.3 Å². The average Bonchev–Trinajstić information content (AvgIpc) is 3.53. The highest BCUT2D eigenvalue weighted by atomic mass is 35.5. The normalized spacial score (nSPS) is 12.7. The zero-order valence-corrected chi connectivity index (χ0v) is 32.1. The molecule has 2 N–H and O–H groups in total. The number of carboxylic acid groups (broad SMARTS) is 1. The first-order valence-electron chi connectivity index (χ1n) is 16.0. The van der Waals surface area contributed by atoms with E-state index >= 15 is 4.39 Å². The van der Waals surface area contributed by atoms with Crippen LogP contribution in [0.1, 0.15) is 43.2 Å². The van der Waals surface area contributed by atoms with Crippen LogP contribution in [0.4, 0.5) is 8.78 Å². The first-order chi connectivity index (χ1) is 24.5. The van der Waals surface area contributed by atoms with Crippen LogP contribution in [0, 0.1) is 11.6 Å². The lowest BCUT2D eigenvalue weighted by Gasteiger charge is -2.26. The summed E-state index contributed by atoms with van der Waals surface area (Å²) in [6.07, 6.45) is 3.85. The van der Waals surface area contributed by atoms with Crippen molar-refractivity contribution in [2.24, 2.45) is 7.05 Å². The largest absolute Gasteiger partial charge is 0.495 e. The van der Waals surface area contributed by atoms with E-state index in [0.717, 1.165) is 39.3 Å². The summed E-state index contributed by atoms with van der Waals surface area (Å²) in [5.41, 5.74) is 2.87. The van der Waals surface area contributed by atoms with Crippen molar-refractivity contribution in [2.45, 2.75) is 54.5 Å². The van der Waals surface area contributed by atoms with E-state index in [-0.39, 0.29) is 29.3 Å². The Morgan fingerprint density at radius 3 is 2.44 bits per heavy atom. The van der Waals surface area contributed by atoms with E-state index in [0.29, 0.717) is 32.9 Å². The third kappa shape index (κ3) is 8.44. The van der Waals surface area contributed by atoms with Gasteiger partial charge in [-0.15, -0.1) is 0 Å². The van der Waals surface area contributed by atoms with Crippen LogP contribution in [0.15, 0.2) is 89.2 Å². The maximum Gasteiger partial charge on any atom is 0.321 e. The number of H-pyrrole nitrogens is 1. The lowest BCUT2D eigenvalue weighted by molar-refractivity contribution is -0.671. The molecule has 0 aliphatic heterocycles. The van der Waals surface area contributed by atoms with Crippen LogP contribution in [0.5, 0.6) is 5.75 Å². The van der Waals surface area contributed by atoms with Crippen LogP contribution in [-0.2, 0) is 39.5 Å². The summed E-state index contributed by atoms with van der Waals surface area (Å²) in [7, 11) is -1.15. The van der Waals surface area contributed by atoms with E-state index in [2.05, 4.69) is 4.98 Å². The summed E-state index contributed by atoms with van der Waals surface area (Å²) in [6.45, 7) is 5.06. The molecule has 2 heterocycles. The Bertz CT molecular complexity index is 2190. The van der Waals surface area contributed by atoms with E-state index in [9.17, 15) is 22.7 Å². The fourth-order valence-corrected chi connectivity index (χ4v) is 8.85. The molecule has 0 bridgehead atoms. The third-order valence-electron chi connectivity index (χ3n) is 8.78. The second-order valence-electron chi connectivity index (χ2n) is 12.7. The zero-order valence-electron chi connectivity index (χ0n) is 29.0. The molecule has 0 spiro atoms. The van der Waals surface area contributed by atoms with Crippen LogP contribution in [-0.4, -0.2) is 53.5 Å². The van der Waals surface area contributed by atoms with Gasteiger partial charge >= 0.3 is 5.97 Å². The summed E-state index contributed by atoms with van der Waals surface area (Å²) >= 11 is 14.0. The minimum atomic E-state index is -4.49. The van der Waals surface area contributed by atoms with E-state index in [1.165, 1.54) is 26.2 Å². The fourth-order valence-electron chi connectivity index (χ4n) is 5.71. The van der Waals surface area contributed by atoms with Gasteiger partial charge in [0.2, 0.25) is 10.0 Å². The van der Waals surface area contributed by atoms with E-state index in [4.69, 9.17) is 32.9 Å². The number of hydrogen-bond donors (Lipinski definition) is 2. The lowest BCUT2D eigenvalue weighted by atomic mass is 9.79. The van der Waals surface area contributed by atoms with Crippen LogP contribution < -0.4 is 9.30 Å². The van der Waals surface area contributed by atoms with Crippen molar-refractivity contribution in [2.75, 3.05) is 13.7 Å². The van der Waals surface area contributed by atoms with E-state index < -0.39 is 44.0 Å². The van der Waals surface area contributed by atoms with Crippen molar-refractivity contribution in [1.29, 1.82) is 0 Å². The second kappa shape index (κ2) is 15.9. The number of thioether (sulfide) groups is 1. The molecule has 5 aromatic rings. The van der Waals surface area contributed by atoms with Gasteiger partial charge in [0, 0.05) is 45.5 Å². The molecule has 1 atom stereocenters. The van der Waals surface area contributed by atoms with Gasteiger partial charge in [-0.05, 0) is 73.5 Å². The number of sulfonamides is 1. The number of ether oxygens (including phenoxy) is 1. The van der Waals surface area contributed by atoms with Gasteiger partial charge in [0.15, 0.2) is 17.6 Å². The molecule has 2 aromatic heterocycles. The number of hydrogen-bond acceptors (Lipinski definition) is 6. The summed E-state index contributed by atoms with van der Waals surface area (Å²) in [5, 5.41) is 10.4. The number of benzene rings is 3. The van der Waals surface area contributed by atoms with Gasteiger partial charge in [0.1, 0.15) is 30.5 Å². The molecule has 0 aliphatic rings. The first kappa shape index (κ1) is 39.2. The Morgan fingerprint density at radius 1 is 1.10 bits per heavy atom. The number of pyridine rings is 1. The number of aryl methyl sites for hydroxylation is 1. The highest BCUT2D eigenvalue weighted by Crippen LogP contribution is 2.41. The molecule has 0 aliphatic carbocycles. The number of nitrogens with one attached hydrogen (secondary N) is 1. The standard InChI is InChI=1S/C37H36Cl2F2N4O5S2/c1-22(35(46)47)45(16-14-23-7-6-15-44(4)20-23)52(48,49)27-18-30(39)28(31(41)19-27)21-51-36-42-33(24-8-11-26(40)12-9-24)34(43-36)37(2,3)25-10-13-29(38)32(17-25)50-5/h6-13,15,17-20,22H,14,16,21H2,1-5H3,(H-,42,43,46,47)/p+1/t22-/m1/s1. The van der Waals surface area contributed by atoms with Crippen molar-refractivity contribution >= 4 is 51.0 Å². The van der Waals surface area contributed by atoms with Gasteiger partial charge in [-0.25, -0.2) is 26.7 Å². The number of aromatic amines is 1. The highest BCUT2D eigenvalue weighted by Gasteiger charge is 2.35. The molecule has 0 amide bonds. The van der Waals surface area contributed by atoms with Gasteiger partial charge in [-0.2, -0.15) is 4.31 Å². The average molecular weight is 791 g/mol. The predicted octanol–water partition coefficient (Wildman–Crippen LogP) is 7.82. The van der Waals surface area contributed by atoms with E-state index in [1.807, 2.05) is 39.2 Å². The van der Waals surface area contributed by atoms with Crippen molar-refractivity contribution in [3.63, 3.8) is 0 Å². The molecule has 9 nitrogen and oxygen atoms in total. The summed E-state index contributed by atoms with van der Waals surface area (Å²) in [6, 6.07) is 15.5. The molecule has 0 fully saturated rings. The smallest absolute Gasteiger partial charge is 0.321 e. The van der Waals surface area contributed by atoms with Gasteiger partial charge in [-0.3, -0.25) is 4.79 Å². The van der Waals surface area contributed by atoms with Crippen molar-refractivity contribution < 1.29 is 36.4 Å². The Morgan fingerprint density at radius 2 is 1.81 bits per heavy atom. The molecule has 3 aromatic carbocycles. The molecule has 5 rings (SSSR count). The number of halogens is 4. The third-order valence-corrected chi connectivity index (χ3v) is 12.3.